The minimum atomic E-state index is 0.0642. The van der Waals surface area contributed by atoms with Crippen LogP contribution in [0, 0.1) is 6.92 Å². The molecule has 1 rings (SSSR count). The van der Waals surface area contributed by atoms with Crippen LogP contribution in [0.15, 0.2) is 4.47 Å². The molecule has 0 bridgehead atoms. The Morgan fingerprint density at radius 2 is 2.22 bits per heavy atom. The molecule has 5 nitrogen and oxygen atoms in total. The molecular formula is C12H21BrN4O. The molecule has 0 spiro atoms. The molecule has 6 heteroatoms. The van der Waals surface area contributed by atoms with Crippen molar-refractivity contribution in [2.45, 2.75) is 26.8 Å². The molecule has 1 amide bonds. The minimum absolute atomic E-state index is 0.0642. The lowest BCUT2D eigenvalue weighted by molar-refractivity contribution is -0.122. The third-order valence-corrected chi connectivity index (χ3v) is 3.70. The second-order valence-corrected chi connectivity index (χ2v) is 5.28. The number of halogens is 1. The van der Waals surface area contributed by atoms with Crippen LogP contribution in [0.1, 0.15) is 24.7 Å². The Morgan fingerprint density at radius 1 is 1.56 bits per heavy atom. The molecule has 1 N–H and O–H groups in total. The van der Waals surface area contributed by atoms with Gasteiger partial charge in [0.05, 0.1) is 22.4 Å². The topological polar surface area (TPSA) is 50.2 Å². The van der Waals surface area contributed by atoms with E-state index < -0.39 is 0 Å². The van der Waals surface area contributed by atoms with Crippen molar-refractivity contribution in [3.8, 4) is 0 Å². The van der Waals surface area contributed by atoms with E-state index in [1.54, 1.807) is 0 Å². The number of likely N-dealkylation sites (N-methyl/N-ethyl adjacent to an activating group) is 1. The van der Waals surface area contributed by atoms with Crippen molar-refractivity contribution in [3.63, 3.8) is 0 Å². The van der Waals surface area contributed by atoms with Gasteiger partial charge in [-0.15, -0.1) is 0 Å². The van der Waals surface area contributed by atoms with Gasteiger partial charge in [-0.05, 0) is 36.3 Å². The van der Waals surface area contributed by atoms with Gasteiger partial charge in [0.15, 0.2) is 0 Å². The number of hydrogen-bond donors (Lipinski definition) is 1. The number of aryl methyl sites for hydroxylation is 2. The number of carbonyl (C=O) groups excluding carboxylic acids is 1. The van der Waals surface area contributed by atoms with Crippen molar-refractivity contribution >= 4 is 21.8 Å². The molecule has 0 saturated carbocycles. The van der Waals surface area contributed by atoms with Crippen molar-refractivity contribution in [2.24, 2.45) is 7.05 Å². The number of carbonyl (C=O) groups is 1. The summed E-state index contributed by atoms with van der Waals surface area (Å²) in [6.45, 7) is 5.83. The summed E-state index contributed by atoms with van der Waals surface area (Å²) < 4.78 is 2.87. The number of amides is 1. The summed E-state index contributed by atoms with van der Waals surface area (Å²) in [5.74, 6) is 0.0642. The molecule has 0 unspecified atom stereocenters. The van der Waals surface area contributed by atoms with Crippen LogP contribution in [0.5, 0.6) is 0 Å². The SMILES string of the molecule is CCCNC(=O)CN(C)Cc1c(Br)c(C)nn1C. The largest absolute Gasteiger partial charge is 0.355 e. The van der Waals surface area contributed by atoms with E-state index in [9.17, 15) is 4.79 Å². The van der Waals surface area contributed by atoms with E-state index in [2.05, 4.69) is 26.3 Å². The molecule has 102 valence electrons. The maximum absolute atomic E-state index is 11.6. The fraction of sp³-hybridized carbons (Fsp3) is 0.667. The van der Waals surface area contributed by atoms with Gasteiger partial charge >= 0.3 is 0 Å². The lowest BCUT2D eigenvalue weighted by atomic mass is 10.3. The van der Waals surface area contributed by atoms with E-state index in [4.69, 9.17) is 0 Å². The molecule has 18 heavy (non-hydrogen) atoms. The molecule has 0 atom stereocenters. The zero-order valence-corrected chi connectivity index (χ0v) is 13.0. The third kappa shape index (κ3) is 4.10. The smallest absolute Gasteiger partial charge is 0.234 e. The van der Waals surface area contributed by atoms with Gasteiger partial charge in [-0.1, -0.05) is 6.92 Å². The molecule has 0 aromatic carbocycles. The lowest BCUT2D eigenvalue weighted by Crippen LogP contribution is -2.35. The zero-order chi connectivity index (χ0) is 13.7. The second-order valence-electron chi connectivity index (χ2n) is 4.49. The van der Waals surface area contributed by atoms with Crippen LogP contribution in [-0.2, 0) is 18.4 Å². The van der Waals surface area contributed by atoms with Gasteiger partial charge in [0, 0.05) is 20.1 Å². The van der Waals surface area contributed by atoms with Crippen molar-refractivity contribution in [3.05, 3.63) is 15.9 Å². The Hall–Kier alpha value is -0.880. The van der Waals surface area contributed by atoms with Gasteiger partial charge < -0.3 is 5.32 Å². The van der Waals surface area contributed by atoms with E-state index in [1.165, 1.54) is 0 Å². The van der Waals surface area contributed by atoms with Gasteiger partial charge in [-0.3, -0.25) is 14.4 Å². The van der Waals surface area contributed by atoms with E-state index in [0.29, 0.717) is 13.1 Å². The first-order valence-corrected chi connectivity index (χ1v) is 6.88. The molecule has 0 fully saturated rings. The highest BCUT2D eigenvalue weighted by atomic mass is 79.9. The molecule has 0 aliphatic carbocycles. The number of rotatable bonds is 6. The summed E-state index contributed by atoms with van der Waals surface area (Å²) in [7, 11) is 3.85. The van der Waals surface area contributed by atoms with E-state index in [1.807, 2.05) is 37.5 Å². The number of nitrogens with one attached hydrogen (secondary N) is 1. The van der Waals surface area contributed by atoms with Crippen LogP contribution < -0.4 is 5.32 Å². The van der Waals surface area contributed by atoms with Gasteiger partial charge in [-0.2, -0.15) is 5.10 Å². The maximum Gasteiger partial charge on any atom is 0.234 e. The number of nitrogens with zero attached hydrogens (tertiary/aromatic N) is 3. The summed E-state index contributed by atoms with van der Waals surface area (Å²) in [4.78, 5) is 13.6. The van der Waals surface area contributed by atoms with Crippen LogP contribution in [0.2, 0.25) is 0 Å². The van der Waals surface area contributed by atoms with Crippen molar-refractivity contribution in [2.75, 3.05) is 20.1 Å². The molecular weight excluding hydrogens is 296 g/mol. The van der Waals surface area contributed by atoms with Gasteiger partial charge in [0.1, 0.15) is 0 Å². The first-order chi connectivity index (χ1) is 8.45. The fourth-order valence-corrected chi connectivity index (χ4v) is 2.19. The predicted octanol–water partition coefficient (Wildman–Crippen LogP) is 1.45. The van der Waals surface area contributed by atoms with Crippen LogP contribution in [0.3, 0.4) is 0 Å². The van der Waals surface area contributed by atoms with Gasteiger partial charge in [-0.25, -0.2) is 0 Å². The highest BCUT2D eigenvalue weighted by Crippen LogP contribution is 2.21. The van der Waals surface area contributed by atoms with Crippen LogP contribution in [0.4, 0.5) is 0 Å². The van der Waals surface area contributed by atoms with Crippen LogP contribution in [0.25, 0.3) is 0 Å². The molecule has 0 saturated heterocycles. The van der Waals surface area contributed by atoms with Gasteiger partial charge in [0.2, 0.25) is 5.91 Å². The Labute approximate surface area is 117 Å². The summed E-state index contributed by atoms with van der Waals surface area (Å²) >= 11 is 3.53. The molecule has 0 radical (unpaired) electrons. The number of aromatic nitrogens is 2. The Bertz CT molecular complexity index is 416. The van der Waals surface area contributed by atoms with Crippen LogP contribution >= 0.6 is 15.9 Å². The molecule has 1 aromatic heterocycles. The lowest BCUT2D eigenvalue weighted by Gasteiger charge is -2.16. The second kappa shape index (κ2) is 6.89. The van der Waals surface area contributed by atoms with E-state index >= 15 is 0 Å². The summed E-state index contributed by atoms with van der Waals surface area (Å²) in [5.41, 5.74) is 2.05. The first kappa shape index (κ1) is 15.2. The summed E-state index contributed by atoms with van der Waals surface area (Å²) in [6.07, 6.45) is 0.960. The normalized spacial score (nSPS) is 11.0. The Kier molecular flexibility index (Phi) is 5.81. The van der Waals surface area contributed by atoms with Gasteiger partial charge in [0.25, 0.3) is 0 Å². The molecule has 1 heterocycles. The maximum atomic E-state index is 11.6. The average molecular weight is 317 g/mol. The molecule has 0 aliphatic heterocycles. The number of hydrogen-bond acceptors (Lipinski definition) is 3. The van der Waals surface area contributed by atoms with E-state index in [-0.39, 0.29) is 5.91 Å². The molecule has 0 aliphatic rings. The van der Waals surface area contributed by atoms with Crippen LogP contribution in [-0.4, -0.2) is 40.7 Å². The fourth-order valence-electron chi connectivity index (χ4n) is 1.73. The Morgan fingerprint density at radius 3 is 2.72 bits per heavy atom. The highest BCUT2D eigenvalue weighted by Gasteiger charge is 2.14. The van der Waals surface area contributed by atoms with Crippen molar-refractivity contribution in [1.82, 2.24) is 20.0 Å². The van der Waals surface area contributed by atoms with Crippen molar-refractivity contribution in [1.29, 1.82) is 0 Å². The highest BCUT2D eigenvalue weighted by molar-refractivity contribution is 9.10. The minimum Gasteiger partial charge on any atom is -0.355 e. The van der Waals surface area contributed by atoms with Crippen molar-refractivity contribution < 1.29 is 4.79 Å². The Balaban J connectivity index is 2.54. The summed E-state index contributed by atoms with van der Waals surface area (Å²) in [6, 6.07) is 0. The standard InChI is InChI=1S/C12H21BrN4O/c1-5-6-14-11(18)8-16(3)7-10-12(13)9(2)15-17(10)4/h5-8H2,1-4H3,(H,14,18). The predicted molar refractivity (Wildman–Crippen MR) is 75.3 cm³/mol. The molecule has 1 aromatic rings. The first-order valence-electron chi connectivity index (χ1n) is 6.08. The summed E-state index contributed by atoms with van der Waals surface area (Å²) in [5, 5.41) is 7.20. The van der Waals surface area contributed by atoms with E-state index in [0.717, 1.165) is 28.8 Å². The average Bonchev–Trinajstić information content (AvgIpc) is 2.53. The quantitative estimate of drug-likeness (QED) is 0.864. The monoisotopic (exact) mass is 316 g/mol. The zero-order valence-electron chi connectivity index (χ0n) is 11.5. The third-order valence-electron chi connectivity index (χ3n) is 2.67.